The number of hydrogen-bond donors (Lipinski definition) is 4. The number of likely N-dealkylation sites (tertiary alicyclic amines) is 1. The van der Waals surface area contributed by atoms with Crippen LogP contribution in [0.5, 0.6) is 0 Å². The zero-order valence-corrected chi connectivity index (χ0v) is 21.9. The fraction of sp³-hybridized carbons (Fsp3) is 0.423. The number of fused-ring (bicyclic) bond motifs is 1. The van der Waals surface area contributed by atoms with E-state index >= 15 is 0 Å². The van der Waals surface area contributed by atoms with Crippen LogP contribution in [-0.4, -0.2) is 105 Å². The number of rotatable bonds is 9. The molecule has 4 N–H and O–H groups in total. The summed E-state index contributed by atoms with van der Waals surface area (Å²) >= 11 is 0. The lowest BCUT2D eigenvalue weighted by Gasteiger charge is -2.28. The van der Waals surface area contributed by atoms with Crippen molar-refractivity contribution in [2.75, 3.05) is 40.8 Å². The first kappa shape index (κ1) is 32.0. The van der Waals surface area contributed by atoms with E-state index in [1.54, 1.807) is 0 Å². The number of carboxylic acid groups (broad SMARTS) is 4. The Morgan fingerprint density at radius 3 is 1.82 bits per heavy atom. The molecule has 0 bridgehead atoms. The van der Waals surface area contributed by atoms with Gasteiger partial charge in [-0.05, 0) is 66.1 Å². The molecule has 1 fully saturated rings. The van der Waals surface area contributed by atoms with Gasteiger partial charge in [-0.2, -0.15) is 5.10 Å². The summed E-state index contributed by atoms with van der Waals surface area (Å²) in [4.78, 5) is 42.9. The van der Waals surface area contributed by atoms with Gasteiger partial charge in [0.2, 0.25) is 0 Å². The van der Waals surface area contributed by atoms with Crippen molar-refractivity contribution in [2.45, 2.75) is 31.7 Å². The van der Waals surface area contributed by atoms with Crippen LogP contribution in [0.15, 0.2) is 48.6 Å². The standard InChI is InChI=1S/C18H28N4.2C4H4O4/c1-20(2)11-6-12-22-17-8-5-4-7-16(17)18(19-22)15-9-13-21(3)14-10-15;2*5-3(6)1-2-4(7)8/h4-5,7-8,15H,6,9-14H2,1-3H3;2*1-2H,(H,5,6)(H,7,8)/b;2*2-1+. The lowest BCUT2D eigenvalue weighted by atomic mass is 9.92. The van der Waals surface area contributed by atoms with Crippen molar-refractivity contribution in [3.05, 3.63) is 54.3 Å². The van der Waals surface area contributed by atoms with Crippen molar-refractivity contribution in [1.82, 2.24) is 19.6 Å². The third-order valence-electron chi connectivity index (χ3n) is 5.50. The number of carboxylic acids is 4. The highest BCUT2D eigenvalue weighted by atomic mass is 16.4. The highest BCUT2D eigenvalue weighted by molar-refractivity contribution is 5.90. The van der Waals surface area contributed by atoms with E-state index in [4.69, 9.17) is 25.5 Å². The van der Waals surface area contributed by atoms with Crippen molar-refractivity contribution < 1.29 is 39.6 Å². The van der Waals surface area contributed by atoms with Crippen molar-refractivity contribution in [3.63, 3.8) is 0 Å². The van der Waals surface area contributed by atoms with Gasteiger partial charge in [0, 0.05) is 42.2 Å². The Balaban J connectivity index is 0.000000374. The third kappa shape index (κ3) is 12.8. The first-order chi connectivity index (χ1) is 17.9. The van der Waals surface area contributed by atoms with Crippen LogP contribution in [-0.2, 0) is 25.7 Å². The molecule has 12 heteroatoms. The molecule has 0 amide bonds. The summed E-state index contributed by atoms with van der Waals surface area (Å²) in [5.74, 6) is -4.41. The predicted molar refractivity (Wildman–Crippen MR) is 141 cm³/mol. The summed E-state index contributed by atoms with van der Waals surface area (Å²) in [5.41, 5.74) is 2.63. The number of aliphatic carboxylic acids is 4. The number of carbonyl (C=O) groups is 4. The van der Waals surface area contributed by atoms with Crippen molar-refractivity contribution in [1.29, 1.82) is 0 Å². The maximum absolute atomic E-state index is 9.55. The van der Waals surface area contributed by atoms with Gasteiger partial charge in [-0.1, -0.05) is 18.2 Å². The Bertz CT molecular complexity index is 1070. The van der Waals surface area contributed by atoms with Gasteiger partial charge < -0.3 is 30.2 Å². The number of hydrogen-bond acceptors (Lipinski definition) is 7. The molecule has 1 aromatic carbocycles. The number of para-hydroxylation sites is 1. The van der Waals surface area contributed by atoms with Crippen molar-refractivity contribution in [2.24, 2.45) is 0 Å². The lowest BCUT2D eigenvalue weighted by Crippen LogP contribution is -2.29. The van der Waals surface area contributed by atoms with Gasteiger partial charge in [-0.25, -0.2) is 19.2 Å². The first-order valence-electron chi connectivity index (χ1n) is 12.0. The van der Waals surface area contributed by atoms with Gasteiger partial charge in [-0.15, -0.1) is 0 Å². The summed E-state index contributed by atoms with van der Waals surface area (Å²) < 4.78 is 2.23. The Hall–Kier alpha value is -4.03. The highest BCUT2D eigenvalue weighted by Crippen LogP contribution is 2.32. The minimum atomic E-state index is -1.26. The molecule has 2 aromatic rings. The van der Waals surface area contributed by atoms with Crippen molar-refractivity contribution in [3.8, 4) is 0 Å². The molecule has 1 aliphatic heterocycles. The van der Waals surface area contributed by atoms with Crippen LogP contribution in [0.1, 0.15) is 30.9 Å². The van der Waals surface area contributed by atoms with E-state index < -0.39 is 23.9 Å². The van der Waals surface area contributed by atoms with Crippen LogP contribution in [0, 0.1) is 0 Å². The smallest absolute Gasteiger partial charge is 0.328 e. The maximum atomic E-state index is 9.55. The van der Waals surface area contributed by atoms with Gasteiger partial charge in [0.15, 0.2) is 0 Å². The van der Waals surface area contributed by atoms with Crippen LogP contribution in [0.3, 0.4) is 0 Å². The molecule has 0 saturated carbocycles. The molecule has 0 unspecified atom stereocenters. The van der Waals surface area contributed by atoms with Gasteiger partial charge in [0.05, 0.1) is 11.2 Å². The Morgan fingerprint density at radius 2 is 1.37 bits per heavy atom. The molecule has 38 heavy (non-hydrogen) atoms. The molecule has 208 valence electrons. The second-order valence-corrected chi connectivity index (χ2v) is 8.88. The number of aromatic nitrogens is 2. The van der Waals surface area contributed by atoms with Gasteiger partial charge in [0.25, 0.3) is 0 Å². The van der Waals surface area contributed by atoms with Crippen LogP contribution < -0.4 is 0 Å². The third-order valence-corrected chi connectivity index (χ3v) is 5.50. The van der Waals surface area contributed by atoms with Gasteiger partial charge >= 0.3 is 23.9 Å². The molecule has 1 aliphatic rings. The average molecular weight is 533 g/mol. The monoisotopic (exact) mass is 532 g/mol. The Kier molecular flexibility index (Phi) is 14.0. The number of benzene rings is 1. The molecule has 0 radical (unpaired) electrons. The minimum absolute atomic E-state index is 0.558. The van der Waals surface area contributed by atoms with Gasteiger partial charge in [-0.3, -0.25) is 4.68 Å². The van der Waals surface area contributed by atoms with E-state index in [0.29, 0.717) is 30.2 Å². The molecule has 0 aliphatic carbocycles. The van der Waals surface area contributed by atoms with E-state index in [0.717, 1.165) is 19.5 Å². The SMILES string of the molecule is CN(C)CCCn1nc(C2CCN(C)CC2)c2ccccc21.O=C(O)/C=C/C(=O)O.O=C(O)/C=C/C(=O)O. The molecular formula is C26H36N4O8. The molecule has 0 atom stereocenters. The summed E-state index contributed by atoms with van der Waals surface area (Å²) in [7, 11) is 6.48. The number of nitrogens with zero attached hydrogens (tertiary/aromatic N) is 4. The fourth-order valence-corrected chi connectivity index (χ4v) is 3.73. The second kappa shape index (κ2) is 16.7. The van der Waals surface area contributed by atoms with E-state index in [1.807, 2.05) is 0 Å². The summed E-state index contributed by atoms with van der Waals surface area (Å²) in [6.07, 6.45) is 5.84. The van der Waals surface area contributed by atoms with E-state index in [9.17, 15) is 19.2 Å². The molecule has 0 spiro atoms. The second-order valence-electron chi connectivity index (χ2n) is 8.88. The predicted octanol–water partition coefficient (Wildman–Crippen LogP) is 2.22. The Morgan fingerprint density at radius 1 is 0.895 bits per heavy atom. The molecule has 12 nitrogen and oxygen atoms in total. The highest BCUT2D eigenvalue weighted by Gasteiger charge is 2.23. The summed E-state index contributed by atoms with van der Waals surface area (Å²) in [6, 6.07) is 8.74. The average Bonchev–Trinajstić information content (AvgIpc) is 3.21. The quantitative estimate of drug-likeness (QED) is 0.349. The number of aryl methyl sites for hydroxylation is 1. The minimum Gasteiger partial charge on any atom is -0.478 e. The molecule has 2 heterocycles. The summed E-state index contributed by atoms with van der Waals surface area (Å²) in [5, 5.41) is 37.6. The van der Waals surface area contributed by atoms with Crippen LogP contribution in [0.4, 0.5) is 0 Å². The lowest BCUT2D eigenvalue weighted by molar-refractivity contribution is -0.134. The Labute approximate surface area is 221 Å². The first-order valence-corrected chi connectivity index (χ1v) is 12.0. The molecule has 1 saturated heterocycles. The van der Waals surface area contributed by atoms with Crippen LogP contribution in [0.2, 0.25) is 0 Å². The fourth-order valence-electron chi connectivity index (χ4n) is 3.73. The van der Waals surface area contributed by atoms with Crippen LogP contribution >= 0.6 is 0 Å². The topological polar surface area (TPSA) is 174 Å². The van der Waals surface area contributed by atoms with Gasteiger partial charge in [0.1, 0.15) is 0 Å². The largest absolute Gasteiger partial charge is 0.478 e. The molecular weight excluding hydrogens is 496 g/mol. The zero-order chi connectivity index (χ0) is 28.7. The van der Waals surface area contributed by atoms with Crippen molar-refractivity contribution >= 4 is 34.8 Å². The maximum Gasteiger partial charge on any atom is 0.328 e. The van der Waals surface area contributed by atoms with E-state index in [1.165, 1.54) is 42.5 Å². The molecule has 3 rings (SSSR count). The van der Waals surface area contributed by atoms with E-state index in [2.05, 4.69) is 59.9 Å². The molecule has 1 aromatic heterocycles. The number of piperidine rings is 1. The summed E-state index contributed by atoms with van der Waals surface area (Å²) in [6.45, 7) is 4.49. The normalized spacial score (nSPS) is 14.2. The van der Waals surface area contributed by atoms with Crippen LogP contribution in [0.25, 0.3) is 10.9 Å². The zero-order valence-electron chi connectivity index (χ0n) is 21.9. The van der Waals surface area contributed by atoms with E-state index in [-0.39, 0.29) is 0 Å².